The molecule has 1 aliphatic heterocycles. The van der Waals surface area contributed by atoms with Crippen LogP contribution in [0.5, 0.6) is 0 Å². The molecule has 43 heavy (non-hydrogen) atoms. The number of carbonyl (C=O) groups excluding carboxylic acids is 2. The summed E-state index contributed by atoms with van der Waals surface area (Å²) in [6, 6.07) is 29.1. The summed E-state index contributed by atoms with van der Waals surface area (Å²) in [5.41, 5.74) is 9.34. The number of nitrogens with two attached hydrogens (primary N) is 1. The van der Waals surface area contributed by atoms with Crippen molar-refractivity contribution >= 4 is 35.0 Å². The first-order valence-corrected chi connectivity index (χ1v) is 13.8. The predicted octanol–water partition coefficient (Wildman–Crippen LogP) is 6.79. The number of hydrogen-bond acceptors (Lipinski definition) is 4. The van der Waals surface area contributed by atoms with Crippen molar-refractivity contribution in [3.05, 3.63) is 131 Å². The second-order valence-corrected chi connectivity index (χ2v) is 10.5. The van der Waals surface area contributed by atoms with Crippen molar-refractivity contribution in [1.29, 1.82) is 0 Å². The summed E-state index contributed by atoms with van der Waals surface area (Å²) in [6.07, 6.45) is -1.32. The highest BCUT2D eigenvalue weighted by Gasteiger charge is 2.38. The lowest BCUT2D eigenvalue weighted by Gasteiger charge is -2.19. The van der Waals surface area contributed by atoms with E-state index in [-0.39, 0.29) is 17.7 Å². The number of anilines is 3. The van der Waals surface area contributed by atoms with E-state index < -0.39 is 17.7 Å². The highest BCUT2D eigenvalue weighted by Crippen LogP contribution is 2.35. The van der Waals surface area contributed by atoms with Crippen molar-refractivity contribution in [3.8, 4) is 0 Å². The van der Waals surface area contributed by atoms with Gasteiger partial charge in [-0.1, -0.05) is 66.7 Å². The summed E-state index contributed by atoms with van der Waals surface area (Å²) in [4.78, 5) is 28.1. The molecule has 1 aliphatic rings. The summed E-state index contributed by atoms with van der Waals surface area (Å²) in [5, 5.41) is 5.57. The first kappa shape index (κ1) is 29.6. The van der Waals surface area contributed by atoms with E-state index in [2.05, 4.69) is 15.5 Å². The number of benzene rings is 4. The normalized spacial score (nSPS) is 17.2. The molecule has 4 aromatic rings. The van der Waals surface area contributed by atoms with Crippen LogP contribution in [0.2, 0.25) is 0 Å². The minimum Gasteiger partial charge on any atom is -0.397 e. The molecular formula is C34H31F3N4O2. The number of rotatable bonds is 8. The van der Waals surface area contributed by atoms with Crippen LogP contribution in [0.4, 0.5) is 30.2 Å². The Labute approximate surface area is 248 Å². The van der Waals surface area contributed by atoms with Crippen molar-refractivity contribution < 1.29 is 22.8 Å². The maximum Gasteiger partial charge on any atom is 0.416 e. The Morgan fingerprint density at radius 2 is 1.51 bits per heavy atom. The molecule has 4 aromatic carbocycles. The van der Waals surface area contributed by atoms with E-state index in [0.29, 0.717) is 36.7 Å². The van der Waals surface area contributed by atoms with Gasteiger partial charge >= 0.3 is 6.18 Å². The molecule has 5 rings (SSSR count). The molecule has 2 amide bonds. The van der Waals surface area contributed by atoms with E-state index >= 15 is 0 Å². The third-order valence-corrected chi connectivity index (χ3v) is 7.47. The Hall–Kier alpha value is -4.89. The molecule has 0 spiro atoms. The number of nitrogens with zero attached hydrogens (tertiary/aromatic N) is 1. The second kappa shape index (κ2) is 13.0. The van der Waals surface area contributed by atoms with Crippen LogP contribution in [-0.4, -0.2) is 29.8 Å². The van der Waals surface area contributed by atoms with Gasteiger partial charge in [0.25, 0.3) is 0 Å². The molecule has 0 aromatic heterocycles. The van der Waals surface area contributed by atoms with Gasteiger partial charge in [-0.25, -0.2) is 0 Å². The fraction of sp³-hybridized carbons (Fsp3) is 0.176. The smallest absolute Gasteiger partial charge is 0.397 e. The molecule has 0 aliphatic carbocycles. The second-order valence-electron chi connectivity index (χ2n) is 10.5. The molecule has 4 N–H and O–H groups in total. The van der Waals surface area contributed by atoms with Crippen LogP contribution in [0.3, 0.4) is 0 Å². The molecule has 0 bridgehead atoms. The molecule has 9 heteroatoms. The van der Waals surface area contributed by atoms with Gasteiger partial charge in [-0.3, -0.25) is 14.5 Å². The number of carbonyl (C=O) groups is 2. The van der Waals surface area contributed by atoms with Crippen LogP contribution in [-0.2, 0) is 22.3 Å². The topological polar surface area (TPSA) is 87.5 Å². The highest BCUT2D eigenvalue weighted by molar-refractivity contribution is 6.03. The Morgan fingerprint density at radius 3 is 2.19 bits per heavy atom. The Morgan fingerprint density at radius 1 is 0.837 bits per heavy atom. The van der Waals surface area contributed by atoms with Crippen molar-refractivity contribution in [2.24, 2.45) is 5.92 Å². The van der Waals surface area contributed by atoms with Gasteiger partial charge in [-0.2, -0.15) is 13.2 Å². The van der Waals surface area contributed by atoms with E-state index in [1.807, 2.05) is 54.6 Å². The maximum absolute atomic E-state index is 13.5. The summed E-state index contributed by atoms with van der Waals surface area (Å²) < 4.78 is 39.0. The van der Waals surface area contributed by atoms with Crippen molar-refractivity contribution in [2.75, 3.05) is 29.5 Å². The van der Waals surface area contributed by atoms with Gasteiger partial charge in [-0.15, -0.1) is 0 Å². The van der Waals surface area contributed by atoms with E-state index in [1.165, 1.54) is 18.2 Å². The fourth-order valence-corrected chi connectivity index (χ4v) is 5.25. The Bertz CT molecular complexity index is 1590. The number of amides is 2. The van der Waals surface area contributed by atoms with Gasteiger partial charge in [0.15, 0.2) is 0 Å². The Balaban J connectivity index is 1.30. The van der Waals surface area contributed by atoms with E-state index in [9.17, 15) is 22.8 Å². The molecule has 220 valence electrons. The summed E-state index contributed by atoms with van der Waals surface area (Å²) in [7, 11) is 0. The zero-order valence-corrected chi connectivity index (χ0v) is 23.2. The number of alkyl halides is 3. The van der Waals surface area contributed by atoms with E-state index in [0.717, 1.165) is 28.8 Å². The minimum absolute atomic E-state index is 0.138. The van der Waals surface area contributed by atoms with Gasteiger partial charge in [0, 0.05) is 37.3 Å². The van der Waals surface area contributed by atoms with Gasteiger partial charge in [0.1, 0.15) is 0 Å². The highest BCUT2D eigenvalue weighted by atomic mass is 19.4. The third-order valence-electron chi connectivity index (χ3n) is 7.47. The van der Waals surface area contributed by atoms with E-state index in [4.69, 9.17) is 5.73 Å². The molecule has 0 radical (unpaired) electrons. The number of para-hydroxylation sites is 2. The quantitative estimate of drug-likeness (QED) is 0.157. The summed E-state index contributed by atoms with van der Waals surface area (Å²) in [5.74, 6) is -1.12. The average Bonchev–Trinajstić information content (AvgIpc) is 3.42. The van der Waals surface area contributed by atoms with Crippen molar-refractivity contribution in [2.45, 2.75) is 18.6 Å². The number of hydrogen-bond donors (Lipinski definition) is 3. The van der Waals surface area contributed by atoms with Gasteiger partial charge in [0.2, 0.25) is 11.8 Å². The average molecular weight is 585 g/mol. The van der Waals surface area contributed by atoms with Crippen molar-refractivity contribution in [1.82, 2.24) is 4.90 Å². The number of nitrogen functional groups attached to an aromatic ring is 1. The van der Waals surface area contributed by atoms with Crippen LogP contribution < -0.4 is 16.4 Å². The third kappa shape index (κ3) is 7.69. The van der Waals surface area contributed by atoms with E-state index in [1.54, 1.807) is 30.3 Å². The lowest BCUT2D eigenvalue weighted by Crippen LogP contribution is -2.28. The standard InChI is InChI=1S/C34H31F3N4O2/c35-34(36,37)26-15-17-27(18-16-26)39-33(43)29-22-41(20-24-6-2-1-3-7-24)21-28(29)25-13-10-23(11-14-25)12-19-32(42)40-31-9-5-4-8-30(31)38/h1-19,28-29H,20-22,38H2,(H,39,43)(H,40,42). The first-order chi connectivity index (χ1) is 20.7. The lowest BCUT2D eigenvalue weighted by atomic mass is 9.88. The summed E-state index contributed by atoms with van der Waals surface area (Å²) >= 11 is 0. The van der Waals surface area contributed by atoms with Crippen LogP contribution in [0.25, 0.3) is 6.08 Å². The molecular weight excluding hydrogens is 553 g/mol. The molecule has 1 fully saturated rings. The minimum atomic E-state index is -4.45. The zero-order valence-electron chi connectivity index (χ0n) is 23.2. The Kier molecular flexibility index (Phi) is 8.92. The maximum atomic E-state index is 13.5. The van der Waals surface area contributed by atoms with Crippen LogP contribution in [0.1, 0.15) is 28.2 Å². The number of nitrogens with one attached hydrogen (secondary N) is 2. The molecule has 6 nitrogen and oxygen atoms in total. The van der Waals surface area contributed by atoms with Gasteiger partial charge < -0.3 is 16.4 Å². The molecule has 2 unspecified atom stereocenters. The monoisotopic (exact) mass is 584 g/mol. The molecule has 2 atom stereocenters. The van der Waals surface area contributed by atoms with Gasteiger partial charge in [-0.05, 0) is 59.2 Å². The predicted molar refractivity (Wildman–Crippen MR) is 163 cm³/mol. The molecule has 1 saturated heterocycles. The van der Waals surface area contributed by atoms with Crippen molar-refractivity contribution in [3.63, 3.8) is 0 Å². The largest absolute Gasteiger partial charge is 0.416 e. The molecule has 1 heterocycles. The van der Waals surface area contributed by atoms with Crippen LogP contribution >= 0.6 is 0 Å². The fourth-order valence-electron chi connectivity index (χ4n) is 5.25. The number of likely N-dealkylation sites (tertiary alicyclic amines) is 1. The van der Waals surface area contributed by atoms with Gasteiger partial charge in [0.05, 0.1) is 22.9 Å². The van der Waals surface area contributed by atoms with Crippen LogP contribution in [0, 0.1) is 5.92 Å². The van der Waals surface area contributed by atoms with Crippen LogP contribution in [0.15, 0.2) is 109 Å². The molecule has 0 saturated carbocycles. The first-order valence-electron chi connectivity index (χ1n) is 13.8. The zero-order chi connectivity index (χ0) is 30.4. The number of halogens is 3. The lowest BCUT2D eigenvalue weighted by molar-refractivity contribution is -0.137. The summed E-state index contributed by atoms with van der Waals surface area (Å²) in [6.45, 7) is 1.80. The SMILES string of the molecule is Nc1ccccc1NC(=O)C=Cc1ccc(C2CN(Cc3ccccc3)CC2C(=O)Nc2ccc(C(F)(F)F)cc2)cc1.